The molecule has 12 nitrogen and oxygen atoms in total. The van der Waals surface area contributed by atoms with E-state index in [2.05, 4.69) is 26.9 Å². The van der Waals surface area contributed by atoms with Crippen molar-refractivity contribution >= 4 is 22.8 Å². The van der Waals surface area contributed by atoms with Gasteiger partial charge in [-0.05, 0) is 31.9 Å². The molecular weight excluding hydrogens is 529 g/mol. The van der Waals surface area contributed by atoms with E-state index in [-0.39, 0.29) is 48.4 Å². The molecule has 0 aliphatic carbocycles. The molecule has 2 bridgehead atoms. The molecule has 2 atom stereocenters. The fourth-order valence-electron chi connectivity index (χ4n) is 5.62. The molecule has 0 unspecified atom stereocenters. The van der Waals surface area contributed by atoms with Crippen LogP contribution in [0.1, 0.15) is 39.3 Å². The van der Waals surface area contributed by atoms with Crippen LogP contribution in [0.25, 0.3) is 28.1 Å². The van der Waals surface area contributed by atoms with Crippen LogP contribution in [-0.4, -0.2) is 77.1 Å². The van der Waals surface area contributed by atoms with Crippen molar-refractivity contribution in [2.75, 3.05) is 24.6 Å². The van der Waals surface area contributed by atoms with Crippen molar-refractivity contribution in [2.45, 2.75) is 52.2 Å². The van der Waals surface area contributed by atoms with Gasteiger partial charge in [-0.15, -0.1) is 5.10 Å². The smallest absolute Gasteiger partial charge is 0.356 e. The molecule has 1 amide bonds. The quantitative estimate of drug-likeness (QED) is 0.349. The standard InChI is InChI=1S/C28H30FN9O3/c1-6-22(39)35-13-17(5)36(14-16(35)4)26-18-11-19(29)24-20-12-31-34-37(20)9-10-41-21-7-8-30-23(15(2)3)25(21)38(27(18)32-24)28(40)33-26/h6-8,11-12,15-17H,1,9-10,13-14H2,2-5H3/t16-,17+/m1/s1. The summed E-state index contributed by atoms with van der Waals surface area (Å²) in [5, 5.41) is 8.40. The van der Waals surface area contributed by atoms with Gasteiger partial charge in [0.15, 0.2) is 11.5 Å². The Labute approximate surface area is 235 Å². The largest absolute Gasteiger partial charge is 0.489 e. The van der Waals surface area contributed by atoms with E-state index in [0.29, 0.717) is 47.1 Å². The van der Waals surface area contributed by atoms with Crippen LogP contribution in [0.4, 0.5) is 10.2 Å². The van der Waals surface area contributed by atoms with Crippen molar-refractivity contribution in [3.05, 3.63) is 59.2 Å². The van der Waals surface area contributed by atoms with E-state index in [0.717, 1.165) is 0 Å². The lowest BCUT2D eigenvalue weighted by Gasteiger charge is -2.44. The first-order valence-electron chi connectivity index (χ1n) is 13.5. The van der Waals surface area contributed by atoms with Crippen LogP contribution in [0, 0.1) is 5.82 Å². The summed E-state index contributed by atoms with van der Waals surface area (Å²) in [6.45, 7) is 12.6. The van der Waals surface area contributed by atoms with Gasteiger partial charge in [0.1, 0.15) is 35.2 Å². The molecule has 4 aromatic rings. The number of anilines is 1. The second-order valence-corrected chi connectivity index (χ2v) is 10.7. The highest BCUT2D eigenvalue weighted by atomic mass is 19.1. The molecule has 0 spiro atoms. The highest BCUT2D eigenvalue weighted by molar-refractivity contribution is 5.91. The first-order valence-corrected chi connectivity index (χ1v) is 13.5. The lowest BCUT2D eigenvalue weighted by atomic mass is 10.1. The van der Waals surface area contributed by atoms with E-state index >= 15 is 4.39 Å². The molecule has 0 radical (unpaired) electrons. The molecule has 6 heterocycles. The SMILES string of the molecule is C=CC(=O)N1C[C@H](C)N(c2nc(=O)n3c4nc(c(F)cc24)-c2cnnn2CCOc2ccnc(C(C)C)c2-3)C[C@H]1C. The molecule has 212 valence electrons. The van der Waals surface area contributed by atoms with Crippen molar-refractivity contribution in [3.8, 4) is 22.8 Å². The number of fused-ring (bicyclic) bond motifs is 5. The summed E-state index contributed by atoms with van der Waals surface area (Å²) in [7, 11) is 0. The first kappa shape index (κ1) is 26.5. The number of ether oxygens (including phenoxy) is 1. The number of hydrogen-bond donors (Lipinski definition) is 0. The minimum absolute atomic E-state index is 0.00838. The third-order valence-corrected chi connectivity index (χ3v) is 7.62. The zero-order valence-electron chi connectivity index (χ0n) is 23.3. The van der Waals surface area contributed by atoms with Gasteiger partial charge < -0.3 is 14.5 Å². The molecule has 0 aromatic carbocycles. The Hall–Kier alpha value is -4.68. The summed E-state index contributed by atoms with van der Waals surface area (Å²) >= 11 is 0. The topological polar surface area (TPSA) is 124 Å². The minimum atomic E-state index is -0.605. The second-order valence-electron chi connectivity index (χ2n) is 10.7. The number of rotatable bonds is 3. The highest BCUT2D eigenvalue weighted by Gasteiger charge is 2.34. The predicted octanol–water partition coefficient (Wildman–Crippen LogP) is 2.70. The molecule has 1 saturated heterocycles. The zero-order chi connectivity index (χ0) is 29.0. The third-order valence-electron chi connectivity index (χ3n) is 7.62. The van der Waals surface area contributed by atoms with Gasteiger partial charge in [0.05, 0.1) is 23.8 Å². The van der Waals surface area contributed by atoms with Crippen molar-refractivity contribution in [1.29, 1.82) is 0 Å². The summed E-state index contributed by atoms with van der Waals surface area (Å²) in [6, 6.07) is 2.63. The van der Waals surface area contributed by atoms with E-state index in [1.54, 1.807) is 17.2 Å². The Morgan fingerprint density at radius 3 is 2.78 bits per heavy atom. The average Bonchev–Trinajstić information content (AvgIpc) is 3.40. The normalized spacial score (nSPS) is 18.6. The maximum Gasteiger partial charge on any atom is 0.356 e. The van der Waals surface area contributed by atoms with Gasteiger partial charge in [0.2, 0.25) is 5.91 Å². The summed E-state index contributed by atoms with van der Waals surface area (Å²) in [6.07, 6.45) is 4.36. The van der Waals surface area contributed by atoms with Crippen LogP contribution in [0.5, 0.6) is 5.75 Å². The van der Waals surface area contributed by atoms with Crippen LogP contribution in [0.3, 0.4) is 0 Å². The van der Waals surface area contributed by atoms with Gasteiger partial charge in [-0.25, -0.2) is 23.4 Å². The molecule has 2 aliphatic heterocycles. The number of hydrogen-bond acceptors (Lipinski definition) is 9. The Bertz CT molecular complexity index is 1750. The maximum atomic E-state index is 15.9. The highest BCUT2D eigenvalue weighted by Crippen LogP contribution is 2.36. The molecule has 1 fully saturated rings. The van der Waals surface area contributed by atoms with E-state index in [1.807, 2.05) is 32.6 Å². The van der Waals surface area contributed by atoms with E-state index in [9.17, 15) is 9.59 Å². The molecule has 13 heteroatoms. The summed E-state index contributed by atoms with van der Waals surface area (Å²) in [5.41, 5.74) is 1.00. The van der Waals surface area contributed by atoms with Gasteiger partial charge in [0.25, 0.3) is 0 Å². The number of nitrogens with zero attached hydrogens (tertiary/aromatic N) is 9. The number of carbonyl (C=O) groups excluding carboxylic acids is 1. The van der Waals surface area contributed by atoms with E-state index in [1.165, 1.54) is 27.6 Å². The zero-order valence-corrected chi connectivity index (χ0v) is 23.3. The third kappa shape index (κ3) is 4.32. The lowest BCUT2D eigenvalue weighted by molar-refractivity contribution is -0.128. The van der Waals surface area contributed by atoms with Crippen LogP contribution < -0.4 is 15.3 Å². The first-order chi connectivity index (χ1) is 19.7. The van der Waals surface area contributed by atoms with Crippen molar-refractivity contribution in [3.63, 3.8) is 0 Å². The fraction of sp³-hybridized carbons (Fsp3) is 0.393. The summed E-state index contributed by atoms with van der Waals surface area (Å²) < 4.78 is 25.0. The number of pyridine rings is 2. The van der Waals surface area contributed by atoms with Gasteiger partial charge in [-0.2, -0.15) is 4.98 Å². The van der Waals surface area contributed by atoms with Crippen LogP contribution in [0.2, 0.25) is 0 Å². The molecule has 4 aromatic heterocycles. The van der Waals surface area contributed by atoms with Crippen LogP contribution in [-0.2, 0) is 11.3 Å². The van der Waals surface area contributed by atoms with E-state index < -0.39 is 11.5 Å². The molecule has 0 saturated carbocycles. The van der Waals surface area contributed by atoms with Gasteiger partial charge >= 0.3 is 5.69 Å². The molecular formula is C28H30FN9O3. The van der Waals surface area contributed by atoms with E-state index in [4.69, 9.17) is 9.72 Å². The second kappa shape index (κ2) is 10.1. The lowest BCUT2D eigenvalue weighted by Crippen LogP contribution is -2.58. The number of piperazine rings is 1. The van der Waals surface area contributed by atoms with Gasteiger partial charge in [-0.3, -0.25) is 9.78 Å². The van der Waals surface area contributed by atoms with Gasteiger partial charge in [0, 0.05) is 37.4 Å². The van der Waals surface area contributed by atoms with Crippen LogP contribution in [0.15, 0.2) is 42.0 Å². The maximum absolute atomic E-state index is 15.9. The van der Waals surface area contributed by atoms with Gasteiger partial charge in [-0.1, -0.05) is 25.6 Å². The number of carbonyl (C=O) groups is 1. The Morgan fingerprint density at radius 2 is 2.02 bits per heavy atom. The van der Waals surface area contributed by atoms with Crippen molar-refractivity contribution in [1.82, 2.24) is 39.4 Å². The van der Waals surface area contributed by atoms with Crippen LogP contribution >= 0.6 is 0 Å². The Balaban J connectivity index is 1.66. The fourth-order valence-corrected chi connectivity index (χ4v) is 5.62. The Kier molecular flexibility index (Phi) is 6.51. The monoisotopic (exact) mass is 559 g/mol. The Morgan fingerprint density at radius 1 is 1.22 bits per heavy atom. The summed E-state index contributed by atoms with van der Waals surface area (Å²) in [5.74, 6) is -0.127. The molecule has 6 rings (SSSR count). The molecule has 2 aliphatic rings. The van der Waals surface area contributed by atoms with Crippen molar-refractivity contribution < 1.29 is 13.9 Å². The minimum Gasteiger partial charge on any atom is -0.489 e. The molecule has 41 heavy (non-hydrogen) atoms. The molecule has 0 N–H and O–H groups in total. The van der Waals surface area contributed by atoms with Crippen molar-refractivity contribution in [2.24, 2.45) is 0 Å². The summed E-state index contributed by atoms with van der Waals surface area (Å²) in [4.78, 5) is 44.0. The number of amides is 1. The average molecular weight is 560 g/mol. The number of aromatic nitrogens is 7. The number of halogens is 1. The predicted molar refractivity (Wildman–Crippen MR) is 150 cm³/mol.